The second-order valence-corrected chi connectivity index (χ2v) is 8.56. The molecule has 1 heterocycles. The summed E-state index contributed by atoms with van der Waals surface area (Å²) in [6.45, 7) is 11.1. The van der Waals surface area contributed by atoms with Gasteiger partial charge in [-0.3, -0.25) is 19.2 Å². The molecule has 4 N–H and O–H groups in total. The monoisotopic (exact) mass is 493 g/mol. The van der Waals surface area contributed by atoms with E-state index in [1.165, 1.54) is 11.3 Å². The number of nitrogens with zero attached hydrogens (tertiary/aromatic N) is 3. The molecule has 0 fully saturated rings. The molecule has 0 atom stereocenters. The largest absolute Gasteiger partial charge is 0.492 e. The number of rotatable bonds is 12. The Labute approximate surface area is 204 Å². The number of aliphatic carboxylic acids is 3. The van der Waals surface area contributed by atoms with Crippen LogP contribution in [-0.2, 0) is 20.9 Å². The van der Waals surface area contributed by atoms with Crippen molar-refractivity contribution in [3.63, 3.8) is 0 Å². The first-order valence-electron chi connectivity index (χ1n) is 11.1. The van der Waals surface area contributed by atoms with Crippen molar-refractivity contribution in [3.05, 3.63) is 47.3 Å². The van der Waals surface area contributed by atoms with Crippen LogP contribution in [0.25, 0.3) is 0 Å². The van der Waals surface area contributed by atoms with Crippen LogP contribution in [0.15, 0.2) is 30.3 Å². The lowest BCUT2D eigenvalue weighted by Crippen LogP contribution is -2.42. The summed E-state index contributed by atoms with van der Waals surface area (Å²) in [6, 6.07) is 10.4. The number of carboxylic acid groups (broad SMARTS) is 3. The van der Waals surface area contributed by atoms with Gasteiger partial charge in [0.15, 0.2) is 5.60 Å². The van der Waals surface area contributed by atoms with Crippen molar-refractivity contribution in [2.75, 3.05) is 20.2 Å². The van der Waals surface area contributed by atoms with E-state index in [0.717, 1.165) is 24.5 Å². The average Bonchev–Trinajstić information content (AvgIpc) is 3.02. The molecule has 0 unspecified atom stereocenters. The predicted octanol–water partition coefficient (Wildman–Crippen LogP) is 2.34. The van der Waals surface area contributed by atoms with Gasteiger partial charge in [0, 0.05) is 30.4 Å². The number of carbonyl (C=O) groups is 3. The third-order valence-electron chi connectivity index (χ3n) is 5.16. The zero-order chi connectivity index (χ0) is 26.8. The molecule has 2 rings (SSSR count). The molecule has 0 radical (unpaired) electrons. The zero-order valence-electron chi connectivity index (χ0n) is 20.8. The maximum Gasteiger partial charge on any atom is 0.336 e. The normalized spacial score (nSPS) is 11.2. The Kier molecular flexibility index (Phi) is 11.4. The Bertz CT molecular complexity index is 972. The van der Waals surface area contributed by atoms with Gasteiger partial charge >= 0.3 is 17.9 Å². The van der Waals surface area contributed by atoms with E-state index in [-0.39, 0.29) is 0 Å². The molecular formula is C24H35N3O8. The van der Waals surface area contributed by atoms with Crippen molar-refractivity contribution >= 4 is 17.9 Å². The maximum absolute atomic E-state index is 10.3. The number of ether oxygens (including phenoxy) is 1. The van der Waals surface area contributed by atoms with Crippen LogP contribution in [0.1, 0.15) is 49.7 Å². The molecule has 2 aromatic rings. The fourth-order valence-corrected chi connectivity index (χ4v) is 3.33. The second-order valence-electron chi connectivity index (χ2n) is 8.56. The quantitative estimate of drug-likeness (QED) is 0.345. The van der Waals surface area contributed by atoms with Crippen LogP contribution in [0, 0.1) is 13.8 Å². The van der Waals surface area contributed by atoms with Crippen LogP contribution in [-0.4, -0.2) is 78.8 Å². The van der Waals surface area contributed by atoms with E-state index in [4.69, 9.17) is 25.2 Å². The average molecular weight is 494 g/mol. The number of carboxylic acids is 3. The number of aromatic nitrogens is 2. The van der Waals surface area contributed by atoms with E-state index in [1.54, 1.807) is 0 Å². The number of para-hydroxylation sites is 1. The molecular weight excluding hydrogens is 458 g/mol. The molecule has 0 spiro atoms. The highest BCUT2D eigenvalue weighted by molar-refractivity contribution is 5.88. The Hall–Kier alpha value is -3.44. The predicted molar refractivity (Wildman–Crippen MR) is 127 cm³/mol. The summed E-state index contributed by atoms with van der Waals surface area (Å²) in [5, 5.41) is 38.5. The van der Waals surface area contributed by atoms with Crippen molar-refractivity contribution in [1.82, 2.24) is 14.7 Å². The molecule has 11 heteroatoms. The summed E-state index contributed by atoms with van der Waals surface area (Å²) >= 11 is 0. The van der Waals surface area contributed by atoms with Crippen molar-refractivity contribution in [3.8, 4) is 5.75 Å². The van der Waals surface area contributed by atoms with Crippen molar-refractivity contribution in [2.45, 2.75) is 58.7 Å². The van der Waals surface area contributed by atoms with Crippen molar-refractivity contribution in [1.29, 1.82) is 0 Å². The minimum absolute atomic E-state index is 0.402. The summed E-state index contributed by atoms with van der Waals surface area (Å²) in [5.41, 5.74) is 0.985. The van der Waals surface area contributed by atoms with Gasteiger partial charge < -0.3 is 25.2 Å². The van der Waals surface area contributed by atoms with Gasteiger partial charge in [0.05, 0.1) is 18.5 Å². The number of aryl methyl sites for hydroxylation is 1. The lowest BCUT2D eigenvalue weighted by Gasteiger charge is -2.18. The number of benzene rings is 1. The van der Waals surface area contributed by atoms with Crippen LogP contribution < -0.4 is 4.74 Å². The number of aliphatic hydroxyl groups is 1. The van der Waals surface area contributed by atoms with Crippen LogP contribution in [0.3, 0.4) is 0 Å². The van der Waals surface area contributed by atoms with E-state index < -0.39 is 36.4 Å². The SMILES string of the molecule is Cc1nn(C(C)C)c(C)c1CN(C)CCOc1ccccc1.O=C(O)CC(O)(CC(=O)O)C(=O)O. The Morgan fingerprint density at radius 1 is 1.06 bits per heavy atom. The van der Waals surface area contributed by atoms with Crippen LogP contribution in [0.2, 0.25) is 0 Å². The molecule has 11 nitrogen and oxygen atoms in total. The number of likely N-dealkylation sites (N-methyl/N-ethyl adjacent to an activating group) is 1. The lowest BCUT2D eigenvalue weighted by molar-refractivity contribution is -0.170. The van der Waals surface area contributed by atoms with E-state index in [9.17, 15) is 14.4 Å². The van der Waals surface area contributed by atoms with Crippen molar-refractivity contribution in [2.24, 2.45) is 0 Å². The van der Waals surface area contributed by atoms with Gasteiger partial charge in [-0.05, 0) is 46.9 Å². The van der Waals surface area contributed by atoms with Gasteiger partial charge in [-0.15, -0.1) is 0 Å². The van der Waals surface area contributed by atoms with E-state index in [1.807, 2.05) is 30.3 Å². The molecule has 0 aliphatic carbocycles. The first-order valence-corrected chi connectivity index (χ1v) is 11.1. The topological polar surface area (TPSA) is 162 Å². The second kappa shape index (κ2) is 13.4. The molecule has 0 aliphatic heterocycles. The third-order valence-corrected chi connectivity index (χ3v) is 5.16. The molecule has 194 valence electrons. The molecule has 0 aliphatic rings. The highest BCUT2D eigenvalue weighted by Crippen LogP contribution is 2.19. The summed E-state index contributed by atoms with van der Waals surface area (Å²) in [4.78, 5) is 32.8. The first kappa shape index (κ1) is 29.6. The van der Waals surface area contributed by atoms with Gasteiger partial charge in [0.1, 0.15) is 12.4 Å². The van der Waals surface area contributed by atoms with Gasteiger partial charge in [0.25, 0.3) is 0 Å². The first-order chi connectivity index (χ1) is 16.3. The molecule has 0 saturated heterocycles. The summed E-state index contributed by atoms with van der Waals surface area (Å²) in [7, 11) is 2.12. The number of hydrogen-bond acceptors (Lipinski definition) is 7. The van der Waals surface area contributed by atoms with E-state index in [2.05, 4.69) is 49.4 Å². The van der Waals surface area contributed by atoms with Gasteiger partial charge in [-0.25, -0.2) is 4.79 Å². The minimum atomic E-state index is -2.74. The standard InChI is InChI=1S/C18H27N3O.C6H8O7/c1-14(2)21-16(4)18(15(3)19-21)13-20(5)11-12-22-17-9-7-6-8-10-17;7-3(8)1-6(13,5(11)12)2-4(9)10/h6-10,14H,11-13H2,1-5H3;13H,1-2H2,(H,7,8)(H,9,10)(H,11,12). The molecule has 0 saturated carbocycles. The Balaban J connectivity index is 0.000000405. The van der Waals surface area contributed by atoms with Crippen LogP contribution in [0.4, 0.5) is 0 Å². The van der Waals surface area contributed by atoms with E-state index in [0.29, 0.717) is 12.6 Å². The van der Waals surface area contributed by atoms with Crippen LogP contribution >= 0.6 is 0 Å². The fourth-order valence-electron chi connectivity index (χ4n) is 3.33. The van der Waals surface area contributed by atoms with E-state index >= 15 is 0 Å². The summed E-state index contributed by atoms with van der Waals surface area (Å²) in [6.07, 6.45) is -2.29. The van der Waals surface area contributed by atoms with Gasteiger partial charge in [0.2, 0.25) is 0 Å². The van der Waals surface area contributed by atoms with Crippen molar-refractivity contribution < 1.29 is 39.5 Å². The molecule has 35 heavy (non-hydrogen) atoms. The Morgan fingerprint density at radius 3 is 2.03 bits per heavy atom. The highest BCUT2D eigenvalue weighted by atomic mass is 16.5. The molecule has 1 aromatic carbocycles. The maximum atomic E-state index is 10.3. The summed E-state index contributed by atoms with van der Waals surface area (Å²) in [5.74, 6) is -4.09. The molecule has 1 aromatic heterocycles. The smallest absolute Gasteiger partial charge is 0.336 e. The summed E-state index contributed by atoms with van der Waals surface area (Å²) < 4.78 is 7.87. The zero-order valence-corrected chi connectivity index (χ0v) is 20.8. The highest BCUT2D eigenvalue weighted by Gasteiger charge is 2.40. The lowest BCUT2D eigenvalue weighted by atomic mass is 9.96. The fraction of sp³-hybridized carbons (Fsp3) is 0.500. The molecule has 0 bridgehead atoms. The number of hydrogen-bond donors (Lipinski definition) is 4. The Morgan fingerprint density at radius 2 is 1.60 bits per heavy atom. The van der Waals surface area contributed by atoms with Gasteiger partial charge in [-0.1, -0.05) is 18.2 Å². The minimum Gasteiger partial charge on any atom is -0.492 e. The van der Waals surface area contributed by atoms with Gasteiger partial charge in [-0.2, -0.15) is 5.10 Å². The molecule has 0 amide bonds. The van der Waals surface area contributed by atoms with Crippen LogP contribution in [0.5, 0.6) is 5.75 Å². The third kappa shape index (κ3) is 9.75.